The molecule has 0 saturated carbocycles. The second-order valence-electron chi connectivity index (χ2n) is 4.67. The third-order valence-corrected chi connectivity index (χ3v) is 3.62. The van der Waals surface area contributed by atoms with Gasteiger partial charge in [-0.3, -0.25) is 9.69 Å². The number of amides is 1. The van der Waals surface area contributed by atoms with Gasteiger partial charge < -0.3 is 5.32 Å². The molecule has 1 amide bonds. The second-order valence-corrected chi connectivity index (χ2v) is 5.70. The first-order valence-electron chi connectivity index (χ1n) is 6.21. The van der Waals surface area contributed by atoms with E-state index in [1.54, 1.807) is 11.3 Å². The number of nitrogens with one attached hydrogen (secondary N) is 1. The quantitative estimate of drug-likeness (QED) is 0.908. The van der Waals surface area contributed by atoms with Gasteiger partial charge in [-0.15, -0.1) is 11.3 Å². The lowest BCUT2D eigenvalue weighted by Crippen LogP contribution is -2.29. The molecule has 0 unspecified atom stereocenters. The Balaban J connectivity index is 1.82. The number of carbonyl (C=O) groups is 1. The summed E-state index contributed by atoms with van der Waals surface area (Å²) in [4.78, 5) is 15.2. The van der Waals surface area contributed by atoms with Crippen molar-refractivity contribution in [3.8, 4) is 0 Å². The molecular formula is C15H18N2OS. The van der Waals surface area contributed by atoms with Crippen LogP contribution in [0.4, 0.5) is 5.69 Å². The summed E-state index contributed by atoms with van der Waals surface area (Å²) in [5, 5.41) is 4.95. The number of likely N-dealkylation sites (N-methyl/N-ethyl adjacent to an activating group) is 1. The minimum absolute atomic E-state index is 0.0166. The van der Waals surface area contributed by atoms with E-state index < -0.39 is 0 Å². The Morgan fingerprint density at radius 1 is 1.26 bits per heavy atom. The highest BCUT2D eigenvalue weighted by Gasteiger charge is 2.07. The van der Waals surface area contributed by atoms with Crippen LogP contribution in [0.5, 0.6) is 0 Å². The molecule has 1 heterocycles. The zero-order valence-corrected chi connectivity index (χ0v) is 12.0. The third kappa shape index (κ3) is 4.50. The summed E-state index contributed by atoms with van der Waals surface area (Å²) in [6.45, 7) is 3.23. The first-order chi connectivity index (χ1) is 9.13. The van der Waals surface area contributed by atoms with E-state index in [-0.39, 0.29) is 5.91 Å². The number of benzene rings is 1. The lowest BCUT2D eigenvalue weighted by Gasteiger charge is -2.15. The zero-order valence-electron chi connectivity index (χ0n) is 11.2. The molecule has 2 rings (SSSR count). The summed E-state index contributed by atoms with van der Waals surface area (Å²) in [6.07, 6.45) is 0. The maximum absolute atomic E-state index is 11.9. The Bertz CT molecular complexity index is 520. The fraction of sp³-hybridized carbons (Fsp3) is 0.267. The summed E-state index contributed by atoms with van der Waals surface area (Å²) in [7, 11) is 1.95. The van der Waals surface area contributed by atoms with Crippen LogP contribution < -0.4 is 5.32 Å². The standard InChI is InChI=1S/C15H18N2OS/c1-12-5-7-13(8-6-12)16-15(18)11-17(2)10-14-4-3-9-19-14/h3-9H,10-11H2,1-2H3,(H,16,18). The predicted molar refractivity (Wildman–Crippen MR) is 80.5 cm³/mol. The van der Waals surface area contributed by atoms with E-state index in [2.05, 4.69) is 16.8 Å². The molecule has 1 N–H and O–H groups in total. The summed E-state index contributed by atoms with van der Waals surface area (Å²) >= 11 is 1.71. The molecule has 0 atom stereocenters. The van der Waals surface area contributed by atoms with E-state index in [1.165, 1.54) is 10.4 Å². The van der Waals surface area contributed by atoms with Crippen molar-refractivity contribution in [3.05, 3.63) is 52.2 Å². The monoisotopic (exact) mass is 274 g/mol. The Kier molecular flexibility index (Phi) is 4.71. The number of aryl methyl sites for hydroxylation is 1. The highest BCUT2D eigenvalue weighted by atomic mass is 32.1. The molecule has 0 spiro atoms. The van der Waals surface area contributed by atoms with Gasteiger partial charge in [-0.2, -0.15) is 0 Å². The number of nitrogens with zero attached hydrogens (tertiary/aromatic N) is 1. The number of thiophene rings is 1. The highest BCUT2D eigenvalue weighted by Crippen LogP contribution is 2.11. The van der Waals surface area contributed by atoms with Crippen LogP contribution in [0.3, 0.4) is 0 Å². The van der Waals surface area contributed by atoms with E-state index in [0.29, 0.717) is 6.54 Å². The molecule has 0 aliphatic heterocycles. The van der Waals surface area contributed by atoms with Crippen LogP contribution in [0.1, 0.15) is 10.4 Å². The van der Waals surface area contributed by atoms with Gasteiger partial charge in [0.05, 0.1) is 6.54 Å². The second kappa shape index (κ2) is 6.50. The molecule has 3 nitrogen and oxygen atoms in total. The first kappa shape index (κ1) is 13.8. The number of hydrogen-bond acceptors (Lipinski definition) is 3. The number of hydrogen-bond donors (Lipinski definition) is 1. The minimum Gasteiger partial charge on any atom is -0.325 e. The first-order valence-corrected chi connectivity index (χ1v) is 7.09. The summed E-state index contributed by atoms with van der Waals surface area (Å²) in [5.41, 5.74) is 2.04. The van der Waals surface area contributed by atoms with Crippen molar-refractivity contribution < 1.29 is 4.79 Å². The van der Waals surface area contributed by atoms with Gasteiger partial charge in [-0.25, -0.2) is 0 Å². The van der Waals surface area contributed by atoms with Crippen molar-refractivity contribution in [3.63, 3.8) is 0 Å². The maximum atomic E-state index is 11.9. The highest BCUT2D eigenvalue weighted by molar-refractivity contribution is 7.09. The lowest BCUT2D eigenvalue weighted by atomic mass is 10.2. The summed E-state index contributed by atoms with van der Waals surface area (Å²) in [5.74, 6) is 0.0166. The molecule has 100 valence electrons. The number of anilines is 1. The number of rotatable bonds is 5. The molecule has 0 bridgehead atoms. The molecular weight excluding hydrogens is 256 g/mol. The van der Waals surface area contributed by atoms with Gasteiger partial charge in [0.25, 0.3) is 0 Å². The largest absolute Gasteiger partial charge is 0.325 e. The van der Waals surface area contributed by atoms with Gasteiger partial charge in [-0.05, 0) is 37.6 Å². The van der Waals surface area contributed by atoms with E-state index in [1.807, 2.05) is 49.2 Å². The van der Waals surface area contributed by atoms with Gasteiger partial charge in [0, 0.05) is 17.1 Å². The number of carbonyl (C=O) groups excluding carboxylic acids is 1. The Morgan fingerprint density at radius 3 is 2.63 bits per heavy atom. The topological polar surface area (TPSA) is 32.3 Å². The smallest absolute Gasteiger partial charge is 0.238 e. The van der Waals surface area contributed by atoms with Crippen LogP contribution in [-0.4, -0.2) is 24.4 Å². The molecule has 0 radical (unpaired) electrons. The van der Waals surface area contributed by atoms with Gasteiger partial charge in [0.2, 0.25) is 5.91 Å². The van der Waals surface area contributed by atoms with E-state index in [9.17, 15) is 4.79 Å². The molecule has 1 aromatic carbocycles. The van der Waals surface area contributed by atoms with Gasteiger partial charge in [-0.1, -0.05) is 23.8 Å². The van der Waals surface area contributed by atoms with E-state index in [0.717, 1.165) is 12.2 Å². The van der Waals surface area contributed by atoms with Crippen molar-refractivity contribution in [2.24, 2.45) is 0 Å². The Morgan fingerprint density at radius 2 is 2.00 bits per heavy atom. The molecule has 4 heteroatoms. The predicted octanol–water partition coefficient (Wildman–Crippen LogP) is 3.13. The fourth-order valence-electron chi connectivity index (χ4n) is 1.81. The maximum Gasteiger partial charge on any atom is 0.238 e. The molecule has 1 aromatic heterocycles. The molecule has 2 aromatic rings. The van der Waals surface area contributed by atoms with Crippen LogP contribution in [-0.2, 0) is 11.3 Å². The molecule has 0 saturated heterocycles. The Hall–Kier alpha value is -1.65. The van der Waals surface area contributed by atoms with Crippen LogP contribution in [0, 0.1) is 6.92 Å². The Labute approximate surface area is 117 Å². The third-order valence-electron chi connectivity index (χ3n) is 2.75. The van der Waals surface area contributed by atoms with Crippen molar-refractivity contribution in [2.45, 2.75) is 13.5 Å². The molecule has 0 fully saturated rings. The molecule has 19 heavy (non-hydrogen) atoms. The van der Waals surface area contributed by atoms with Crippen molar-refractivity contribution in [1.29, 1.82) is 0 Å². The van der Waals surface area contributed by atoms with Gasteiger partial charge >= 0.3 is 0 Å². The lowest BCUT2D eigenvalue weighted by molar-refractivity contribution is -0.117. The average Bonchev–Trinajstić information content (AvgIpc) is 2.84. The van der Waals surface area contributed by atoms with E-state index >= 15 is 0 Å². The normalized spacial score (nSPS) is 10.7. The zero-order chi connectivity index (χ0) is 13.7. The van der Waals surface area contributed by atoms with Crippen LogP contribution in [0.15, 0.2) is 41.8 Å². The van der Waals surface area contributed by atoms with Crippen LogP contribution in [0.25, 0.3) is 0 Å². The van der Waals surface area contributed by atoms with Gasteiger partial charge in [0.15, 0.2) is 0 Å². The van der Waals surface area contributed by atoms with Crippen molar-refractivity contribution in [1.82, 2.24) is 4.90 Å². The van der Waals surface area contributed by atoms with Crippen molar-refractivity contribution in [2.75, 3.05) is 18.9 Å². The molecule has 0 aliphatic rings. The minimum atomic E-state index is 0.0166. The summed E-state index contributed by atoms with van der Waals surface area (Å²) < 4.78 is 0. The van der Waals surface area contributed by atoms with Crippen LogP contribution >= 0.6 is 11.3 Å². The van der Waals surface area contributed by atoms with Gasteiger partial charge in [0.1, 0.15) is 0 Å². The fourth-order valence-corrected chi connectivity index (χ4v) is 2.59. The summed E-state index contributed by atoms with van der Waals surface area (Å²) in [6, 6.07) is 11.9. The SMILES string of the molecule is Cc1ccc(NC(=O)CN(C)Cc2cccs2)cc1. The average molecular weight is 274 g/mol. The van der Waals surface area contributed by atoms with Crippen molar-refractivity contribution >= 4 is 22.9 Å². The van der Waals surface area contributed by atoms with E-state index in [4.69, 9.17) is 0 Å². The molecule has 0 aliphatic carbocycles. The van der Waals surface area contributed by atoms with Crippen LogP contribution in [0.2, 0.25) is 0 Å².